The van der Waals surface area contributed by atoms with Gasteiger partial charge in [0, 0.05) is 43.5 Å². The molecule has 0 aliphatic carbocycles. The Labute approximate surface area is 171 Å². The van der Waals surface area contributed by atoms with Gasteiger partial charge < -0.3 is 19.9 Å². The molecule has 0 saturated carbocycles. The van der Waals surface area contributed by atoms with Crippen molar-refractivity contribution in [2.75, 3.05) is 38.6 Å². The number of nitrogens with one attached hydrogen (secondary N) is 1. The second-order valence-corrected chi connectivity index (χ2v) is 7.14. The number of rotatable bonds is 4. The monoisotopic (exact) mass is 393 g/mol. The molecule has 1 N–H and O–H groups in total. The smallest absolute Gasteiger partial charge is 0.321 e. The summed E-state index contributed by atoms with van der Waals surface area (Å²) in [5, 5.41) is 2.92. The van der Waals surface area contributed by atoms with Crippen LogP contribution in [0.1, 0.15) is 18.1 Å². The molecule has 1 fully saturated rings. The van der Waals surface area contributed by atoms with Crippen LogP contribution in [-0.4, -0.2) is 55.0 Å². The van der Waals surface area contributed by atoms with Crippen molar-refractivity contribution in [1.82, 2.24) is 9.80 Å². The van der Waals surface area contributed by atoms with E-state index in [1.807, 2.05) is 62.4 Å². The highest BCUT2D eigenvalue weighted by Gasteiger charge is 2.23. The van der Waals surface area contributed by atoms with E-state index in [2.05, 4.69) is 5.32 Å². The molecule has 1 saturated heterocycles. The SMILES string of the molecule is COc1ccccc1/C(C)=C/C(=O)N1CCN(C(=O)Nc2cccc(C)c2)CC1. The van der Waals surface area contributed by atoms with Crippen molar-refractivity contribution < 1.29 is 14.3 Å². The summed E-state index contributed by atoms with van der Waals surface area (Å²) >= 11 is 0. The molecule has 152 valence electrons. The fourth-order valence-corrected chi connectivity index (χ4v) is 3.38. The Morgan fingerprint density at radius 1 is 1.00 bits per heavy atom. The zero-order valence-corrected chi connectivity index (χ0v) is 17.1. The van der Waals surface area contributed by atoms with Gasteiger partial charge in [0.05, 0.1) is 7.11 Å². The van der Waals surface area contributed by atoms with Crippen molar-refractivity contribution in [2.45, 2.75) is 13.8 Å². The number of benzene rings is 2. The highest BCUT2D eigenvalue weighted by Crippen LogP contribution is 2.25. The summed E-state index contributed by atoms with van der Waals surface area (Å²) in [6.45, 7) is 5.92. The largest absolute Gasteiger partial charge is 0.496 e. The molecule has 0 bridgehead atoms. The first-order valence-corrected chi connectivity index (χ1v) is 9.71. The maximum absolute atomic E-state index is 12.7. The molecule has 0 radical (unpaired) electrons. The van der Waals surface area contributed by atoms with Crippen LogP contribution in [0.2, 0.25) is 0 Å². The van der Waals surface area contributed by atoms with Crippen molar-refractivity contribution in [1.29, 1.82) is 0 Å². The summed E-state index contributed by atoms with van der Waals surface area (Å²) in [5.41, 5.74) is 3.63. The number of hydrogen-bond donors (Lipinski definition) is 1. The van der Waals surface area contributed by atoms with Crippen LogP contribution in [0.4, 0.5) is 10.5 Å². The van der Waals surface area contributed by atoms with Crippen molar-refractivity contribution >= 4 is 23.2 Å². The lowest BCUT2D eigenvalue weighted by atomic mass is 10.1. The van der Waals surface area contributed by atoms with Gasteiger partial charge in [0.15, 0.2) is 0 Å². The van der Waals surface area contributed by atoms with Gasteiger partial charge >= 0.3 is 6.03 Å². The van der Waals surface area contributed by atoms with Crippen LogP contribution in [0.3, 0.4) is 0 Å². The highest BCUT2D eigenvalue weighted by molar-refractivity contribution is 5.96. The third-order valence-corrected chi connectivity index (χ3v) is 5.02. The van der Waals surface area contributed by atoms with E-state index in [4.69, 9.17) is 4.74 Å². The topological polar surface area (TPSA) is 61.9 Å². The van der Waals surface area contributed by atoms with Crippen LogP contribution in [-0.2, 0) is 4.79 Å². The molecule has 0 aromatic heterocycles. The maximum atomic E-state index is 12.7. The third-order valence-electron chi connectivity index (χ3n) is 5.02. The van der Waals surface area contributed by atoms with Crippen molar-refractivity contribution in [3.05, 3.63) is 65.7 Å². The highest BCUT2D eigenvalue weighted by atomic mass is 16.5. The molecular weight excluding hydrogens is 366 g/mol. The van der Waals surface area contributed by atoms with Gasteiger partial charge in [0.1, 0.15) is 5.75 Å². The number of methoxy groups -OCH3 is 1. The average molecular weight is 393 g/mol. The van der Waals surface area contributed by atoms with E-state index in [-0.39, 0.29) is 11.9 Å². The molecule has 3 rings (SSSR count). The number of para-hydroxylation sites is 1. The van der Waals surface area contributed by atoms with Crippen molar-refractivity contribution in [3.63, 3.8) is 0 Å². The normalized spacial score (nSPS) is 14.5. The van der Waals surface area contributed by atoms with Crippen LogP contribution in [0.25, 0.3) is 5.57 Å². The first kappa shape index (κ1) is 20.5. The van der Waals surface area contributed by atoms with E-state index < -0.39 is 0 Å². The van der Waals surface area contributed by atoms with Crippen LogP contribution >= 0.6 is 0 Å². The summed E-state index contributed by atoms with van der Waals surface area (Å²) in [4.78, 5) is 28.7. The lowest BCUT2D eigenvalue weighted by Gasteiger charge is -2.34. The standard InChI is InChI=1S/C23H27N3O3/c1-17-7-6-8-19(15-17)24-23(28)26-13-11-25(12-14-26)22(27)16-18(2)20-9-4-5-10-21(20)29-3/h4-10,15-16H,11-14H2,1-3H3,(H,24,28)/b18-16+. The fraction of sp³-hybridized carbons (Fsp3) is 0.304. The van der Waals surface area contributed by atoms with Gasteiger partial charge in [-0.2, -0.15) is 0 Å². The molecule has 1 heterocycles. The van der Waals surface area contributed by atoms with Crippen LogP contribution in [0.15, 0.2) is 54.6 Å². The fourth-order valence-electron chi connectivity index (χ4n) is 3.38. The average Bonchev–Trinajstić information content (AvgIpc) is 2.73. The van der Waals surface area contributed by atoms with Gasteiger partial charge in [-0.05, 0) is 43.2 Å². The molecule has 6 nitrogen and oxygen atoms in total. The summed E-state index contributed by atoms with van der Waals surface area (Å²) in [5.74, 6) is 0.693. The number of anilines is 1. The summed E-state index contributed by atoms with van der Waals surface area (Å²) in [7, 11) is 1.62. The van der Waals surface area contributed by atoms with E-state index in [0.29, 0.717) is 26.2 Å². The van der Waals surface area contributed by atoms with E-state index in [1.165, 1.54) is 0 Å². The number of aryl methyl sites for hydroxylation is 1. The molecule has 1 aliphatic heterocycles. The molecule has 2 aromatic carbocycles. The number of nitrogens with zero attached hydrogens (tertiary/aromatic N) is 2. The van der Waals surface area contributed by atoms with Gasteiger partial charge in [-0.3, -0.25) is 4.79 Å². The number of amides is 3. The van der Waals surface area contributed by atoms with E-state index in [9.17, 15) is 9.59 Å². The number of allylic oxidation sites excluding steroid dienone is 1. The molecule has 0 atom stereocenters. The van der Waals surface area contributed by atoms with Gasteiger partial charge in [-0.25, -0.2) is 4.79 Å². The quantitative estimate of drug-likeness (QED) is 0.804. The lowest BCUT2D eigenvalue weighted by molar-refractivity contribution is -0.127. The first-order valence-electron chi connectivity index (χ1n) is 9.71. The van der Waals surface area contributed by atoms with Crippen LogP contribution in [0.5, 0.6) is 5.75 Å². The van der Waals surface area contributed by atoms with Gasteiger partial charge in [0.2, 0.25) is 5.91 Å². The molecular formula is C23H27N3O3. The molecule has 0 spiro atoms. The number of carbonyl (C=O) groups is 2. The Balaban J connectivity index is 1.57. The minimum atomic E-state index is -0.136. The number of hydrogen-bond acceptors (Lipinski definition) is 3. The van der Waals surface area contributed by atoms with Crippen molar-refractivity contribution in [3.8, 4) is 5.75 Å². The Hall–Kier alpha value is -3.28. The number of urea groups is 1. The van der Waals surface area contributed by atoms with Gasteiger partial charge in [-0.1, -0.05) is 30.3 Å². The Morgan fingerprint density at radius 3 is 2.38 bits per heavy atom. The molecule has 1 aliphatic rings. The predicted molar refractivity (Wildman–Crippen MR) is 115 cm³/mol. The minimum Gasteiger partial charge on any atom is -0.496 e. The second-order valence-electron chi connectivity index (χ2n) is 7.14. The Bertz CT molecular complexity index is 915. The number of carbonyl (C=O) groups excluding carboxylic acids is 2. The third kappa shape index (κ3) is 5.16. The number of ether oxygens (including phenoxy) is 1. The maximum Gasteiger partial charge on any atom is 0.321 e. The van der Waals surface area contributed by atoms with Crippen LogP contribution < -0.4 is 10.1 Å². The van der Waals surface area contributed by atoms with E-state index in [0.717, 1.165) is 28.1 Å². The summed E-state index contributed by atoms with van der Waals surface area (Å²) in [6, 6.07) is 15.2. The van der Waals surface area contributed by atoms with Gasteiger partial charge in [-0.15, -0.1) is 0 Å². The first-order chi connectivity index (χ1) is 14.0. The van der Waals surface area contributed by atoms with Crippen LogP contribution in [0, 0.1) is 6.92 Å². The Morgan fingerprint density at radius 2 is 1.69 bits per heavy atom. The molecule has 2 aromatic rings. The zero-order valence-electron chi connectivity index (χ0n) is 17.1. The lowest BCUT2D eigenvalue weighted by Crippen LogP contribution is -2.51. The van der Waals surface area contributed by atoms with Gasteiger partial charge in [0.25, 0.3) is 0 Å². The van der Waals surface area contributed by atoms with Crippen molar-refractivity contribution in [2.24, 2.45) is 0 Å². The predicted octanol–water partition coefficient (Wildman–Crippen LogP) is 3.78. The summed E-state index contributed by atoms with van der Waals surface area (Å²) < 4.78 is 5.37. The molecule has 29 heavy (non-hydrogen) atoms. The molecule has 6 heteroatoms. The Kier molecular flexibility index (Phi) is 6.54. The van der Waals surface area contributed by atoms with E-state index in [1.54, 1.807) is 23.0 Å². The minimum absolute atomic E-state index is 0.0489. The molecule has 0 unspecified atom stereocenters. The molecule has 3 amide bonds. The second kappa shape index (κ2) is 9.28. The summed E-state index contributed by atoms with van der Waals surface area (Å²) in [6.07, 6.45) is 1.64. The zero-order chi connectivity index (χ0) is 20.8. The van der Waals surface area contributed by atoms with E-state index >= 15 is 0 Å². The number of piperazine rings is 1.